The van der Waals surface area contributed by atoms with Crippen LogP contribution < -0.4 is 4.74 Å². The second-order valence-corrected chi connectivity index (χ2v) is 11.7. The smallest absolute Gasteiger partial charge is 0.254 e. The van der Waals surface area contributed by atoms with Gasteiger partial charge in [-0.1, -0.05) is 44.2 Å². The highest BCUT2D eigenvalue weighted by Gasteiger charge is 2.28. The van der Waals surface area contributed by atoms with Gasteiger partial charge < -0.3 is 18.9 Å². The Hall–Kier alpha value is -3.17. The maximum Gasteiger partial charge on any atom is 0.254 e. The van der Waals surface area contributed by atoms with E-state index in [0.717, 1.165) is 12.8 Å². The Balaban J connectivity index is 1.65. The van der Waals surface area contributed by atoms with Crippen molar-refractivity contribution in [2.45, 2.75) is 56.8 Å². The van der Waals surface area contributed by atoms with Crippen LogP contribution in [-0.2, 0) is 33.4 Å². The van der Waals surface area contributed by atoms with Crippen molar-refractivity contribution < 1.29 is 22.7 Å². The molecule has 0 unspecified atom stereocenters. The van der Waals surface area contributed by atoms with Gasteiger partial charge in [0.1, 0.15) is 5.75 Å². The molecule has 0 N–H and O–H groups in total. The summed E-state index contributed by atoms with van der Waals surface area (Å²) < 4.78 is 39.6. The lowest BCUT2D eigenvalue weighted by Crippen LogP contribution is -2.37. The molecule has 0 saturated carbocycles. The monoisotopic (exact) mass is 525 g/mol. The number of carbonyl (C=O) groups excluding carboxylic acids is 1. The van der Waals surface area contributed by atoms with Gasteiger partial charge in [0, 0.05) is 25.3 Å². The van der Waals surface area contributed by atoms with Gasteiger partial charge in [-0.05, 0) is 48.6 Å². The molecule has 4 rings (SSSR count). The van der Waals surface area contributed by atoms with Gasteiger partial charge in [0.05, 0.1) is 37.4 Å². The van der Waals surface area contributed by atoms with E-state index in [4.69, 9.17) is 9.47 Å². The van der Waals surface area contributed by atoms with Crippen LogP contribution in [0.3, 0.4) is 0 Å². The Morgan fingerprint density at radius 1 is 1.16 bits per heavy atom. The molecule has 198 valence electrons. The van der Waals surface area contributed by atoms with Gasteiger partial charge in [-0.3, -0.25) is 4.79 Å². The van der Waals surface area contributed by atoms with Gasteiger partial charge in [0.25, 0.3) is 5.91 Å². The molecule has 2 aromatic carbocycles. The summed E-state index contributed by atoms with van der Waals surface area (Å²) >= 11 is 0. The minimum atomic E-state index is -3.70. The number of methoxy groups -OCH3 is 1. The first-order valence-electron chi connectivity index (χ1n) is 12.6. The van der Waals surface area contributed by atoms with Crippen LogP contribution in [0.25, 0.3) is 0 Å². The van der Waals surface area contributed by atoms with Crippen molar-refractivity contribution in [3.05, 3.63) is 77.6 Å². The fourth-order valence-electron chi connectivity index (χ4n) is 4.55. The summed E-state index contributed by atoms with van der Waals surface area (Å²) in [5.74, 6) is 0.574. The molecule has 1 aromatic heterocycles. The lowest BCUT2D eigenvalue weighted by molar-refractivity contribution is 0.0501. The van der Waals surface area contributed by atoms with E-state index in [1.165, 1.54) is 0 Å². The van der Waals surface area contributed by atoms with Crippen molar-refractivity contribution >= 4 is 15.7 Å². The molecule has 1 fully saturated rings. The van der Waals surface area contributed by atoms with Crippen molar-refractivity contribution in [1.29, 1.82) is 0 Å². The van der Waals surface area contributed by atoms with Crippen molar-refractivity contribution in [3.63, 3.8) is 0 Å². The molecular formula is C28H35N3O5S. The number of aromatic nitrogens is 2. The van der Waals surface area contributed by atoms with Crippen molar-refractivity contribution in [1.82, 2.24) is 14.5 Å². The second kappa shape index (κ2) is 11.9. The van der Waals surface area contributed by atoms with Crippen LogP contribution >= 0.6 is 0 Å². The Morgan fingerprint density at radius 3 is 2.51 bits per heavy atom. The van der Waals surface area contributed by atoms with E-state index < -0.39 is 9.84 Å². The summed E-state index contributed by atoms with van der Waals surface area (Å²) in [6, 6.07) is 16.1. The number of nitrogens with zero attached hydrogens (tertiary/aromatic N) is 3. The highest BCUT2D eigenvalue weighted by molar-refractivity contribution is 7.90. The molecule has 9 heteroatoms. The molecule has 1 amide bonds. The van der Waals surface area contributed by atoms with E-state index in [1.807, 2.05) is 32.0 Å². The number of benzene rings is 2. The number of amides is 1. The minimum Gasteiger partial charge on any atom is -0.497 e. The number of hydrogen-bond acceptors (Lipinski definition) is 6. The number of ether oxygens (including phenoxy) is 2. The van der Waals surface area contributed by atoms with Crippen LogP contribution in [0.4, 0.5) is 0 Å². The maximum atomic E-state index is 13.6. The predicted octanol–water partition coefficient (Wildman–Crippen LogP) is 4.34. The summed E-state index contributed by atoms with van der Waals surface area (Å²) in [5, 5.41) is 0.0361. The van der Waals surface area contributed by atoms with Crippen LogP contribution in [0.1, 0.15) is 48.3 Å². The molecule has 0 radical (unpaired) electrons. The van der Waals surface area contributed by atoms with E-state index in [9.17, 15) is 13.2 Å². The fourth-order valence-corrected chi connectivity index (χ4v) is 6.05. The zero-order valence-electron chi connectivity index (χ0n) is 21.7. The molecule has 37 heavy (non-hydrogen) atoms. The van der Waals surface area contributed by atoms with E-state index in [1.54, 1.807) is 59.2 Å². The second-order valence-electron chi connectivity index (χ2n) is 9.83. The van der Waals surface area contributed by atoms with E-state index in [2.05, 4.69) is 4.98 Å². The first-order chi connectivity index (χ1) is 17.8. The Morgan fingerprint density at radius 2 is 1.89 bits per heavy atom. The normalized spacial score (nSPS) is 15.7. The average molecular weight is 526 g/mol. The van der Waals surface area contributed by atoms with Crippen LogP contribution in [0.5, 0.6) is 5.75 Å². The molecule has 2 heterocycles. The molecule has 0 bridgehead atoms. The number of imidazole rings is 1. The lowest BCUT2D eigenvalue weighted by Gasteiger charge is -2.26. The minimum absolute atomic E-state index is 0.0361. The Bertz CT molecular complexity index is 1280. The lowest BCUT2D eigenvalue weighted by atomic mass is 10.1. The zero-order chi connectivity index (χ0) is 26.4. The van der Waals surface area contributed by atoms with Gasteiger partial charge in [0.15, 0.2) is 0 Å². The molecular weight excluding hydrogens is 490 g/mol. The molecule has 1 saturated heterocycles. The Labute approximate surface area is 219 Å². The summed E-state index contributed by atoms with van der Waals surface area (Å²) in [4.78, 5) is 19.7. The SMILES string of the molecule is COc1ccc(C(=O)N(Cc2cnc(S(=O)(=O)Cc3ccccc3)n2CC(C)C)C[C@H]2CCCO2)cc1. The van der Waals surface area contributed by atoms with Gasteiger partial charge in [-0.25, -0.2) is 13.4 Å². The number of rotatable bonds is 11. The van der Waals surface area contributed by atoms with Crippen molar-refractivity contribution in [3.8, 4) is 5.75 Å². The van der Waals surface area contributed by atoms with Crippen LogP contribution in [0, 0.1) is 5.92 Å². The molecule has 3 aromatic rings. The van der Waals surface area contributed by atoms with Crippen LogP contribution in [0.2, 0.25) is 0 Å². The summed E-state index contributed by atoms with van der Waals surface area (Å²) in [5.41, 5.74) is 1.92. The van der Waals surface area contributed by atoms with E-state index in [-0.39, 0.29) is 35.4 Å². The van der Waals surface area contributed by atoms with Gasteiger partial charge in [0.2, 0.25) is 15.0 Å². The molecule has 1 aliphatic rings. The fraction of sp³-hybridized carbons (Fsp3) is 0.429. The largest absolute Gasteiger partial charge is 0.497 e. The quantitative estimate of drug-likeness (QED) is 0.370. The molecule has 0 aliphatic carbocycles. The maximum absolute atomic E-state index is 13.6. The first kappa shape index (κ1) is 26.9. The standard InChI is InChI=1S/C28H35N3O5S/c1-21(2)17-31-24(16-29-28(31)37(33,34)20-22-8-5-4-6-9-22)18-30(19-26-10-7-15-36-26)27(32)23-11-13-25(35-3)14-12-23/h4-6,8-9,11-14,16,21,26H,7,10,15,17-20H2,1-3H3/t26-/m1/s1. The average Bonchev–Trinajstić information content (AvgIpc) is 3.54. The third-order valence-corrected chi connectivity index (χ3v) is 7.95. The van der Waals surface area contributed by atoms with Gasteiger partial charge in [-0.15, -0.1) is 0 Å². The van der Waals surface area contributed by atoms with Gasteiger partial charge in [-0.2, -0.15) is 0 Å². The number of carbonyl (C=O) groups is 1. The zero-order valence-corrected chi connectivity index (χ0v) is 22.5. The van der Waals surface area contributed by atoms with E-state index in [0.29, 0.717) is 42.3 Å². The molecule has 1 aliphatic heterocycles. The van der Waals surface area contributed by atoms with Crippen LogP contribution in [-0.4, -0.2) is 55.1 Å². The molecule has 0 spiro atoms. The topological polar surface area (TPSA) is 90.7 Å². The summed E-state index contributed by atoms with van der Waals surface area (Å²) in [6.45, 7) is 5.87. The third-order valence-electron chi connectivity index (χ3n) is 6.35. The summed E-state index contributed by atoms with van der Waals surface area (Å²) in [7, 11) is -2.11. The number of sulfone groups is 1. The summed E-state index contributed by atoms with van der Waals surface area (Å²) in [6.07, 6.45) is 3.38. The molecule has 1 atom stereocenters. The third kappa shape index (κ3) is 6.78. The first-order valence-corrected chi connectivity index (χ1v) is 14.3. The highest BCUT2D eigenvalue weighted by Crippen LogP contribution is 2.23. The van der Waals surface area contributed by atoms with Crippen molar-refractivity contribution in [2.75, 3.05) is 20.3 Å². The van der Waals surface area contributed by atoms with Crippen LogP contribution in [0.15, 0.2) is 66.0 Å². The van der Waals surface area contributed by atoms with Gasteiger partial charge >= 0.3 is 0 Å². The Kier molecular flexibility index (Phi) is 8.66. The number of hydrogen-bond donors (Lipinski definition) is 0. The molecule has 8 nitrogen and oxygen atoms in total. The van der Waals surface area contributed by atoms with Crippen molar-refractivity contribution in [2.24, 2.45) is 5.92 Å². The van der Waals surface area contributed by atoms with E-state index >= 15 is 0 Å². The highest BCUT2D eigenvalue weighted by atomic mass is 32.2. The predicted molar refractivity (Wildman–Crippen MR) is 141 cm³/mol.